The molecule has 0 fully saturated rings. The van der Waals surface area contributed by atoms with E-state index in [9.17, 15) is 13.2 Å². The zero-order valence-corrected chi connectivity index (χ0v) is 15.7. The molecule has 26 heavy (non-hydrogen) atoms. The van der Waals surface area contributed by atoms with Gasteiger partial charge in [-0.1, -0.05) is 67.5 Å². The van der Waals surface area contributed by atoms with E-state index >= 15 is 0 Å². The van der Waals surface area contributed by atoms with Gasteiger partial charge in [-0.05, 0) is 37.8 Å². The molecule has 1 nitrogen and oxygen atoms in total. The lowest BCUT2D eigenvalue weighted by Crippen LogP contribution is -2.21. The summed E-state index contributed by atoms with van der Waals surface area (Å²) in [5, 5.41) is 0. The highest BCUT2D eigenvalue weighted by molar-refractivity contribution is 5.79. The molecule has 0 bridgehead atoms. The van der Waals surface area contributed by atoms with E-state index in [0.717, 1.165) is 24.0 Å². The van der Waals surface area contributed by atoms with Crippen LogP contribution in [0, 0.1) is 0 Å². The van der Waals surface area contributed by atoms with Crippen LogP contribution in [0.2, 0.25) is 0 Å². The van der Waals surface area contributed by atoms with Crippen LogP contribution in [-0.2, 0) is 0 Å². The molecule has 0 saturated heterocycles. The van der Waals surface area contributed by atoms with Crippen molar-refractivity contribution in [1.29, 1.82) is 0 Å². The normalized spacial score (nSPS) is 14.7. The zero-order chi connectivity index (χ0) is 19.7. The summed E-state index contributed by atoms with van der Waals surface area (Å²) in [7, 11) is 0. The van der Waals surface area contributed by atoms with Crippen LogP contribution in [0.25, 0.3) is 5.57 Å². The third kappa shape index (κ3) is 6.58. The highest BCUT2D eigenvalue weighted by atomic mass is 19.4. The summed E-state index contributed by atoms with van der Waals surface area (Å²) < 4.78 is 40.1. The molecule has 0 saturated carbocycles. The minimum Gasteiger partial charge on any atom is -0.398 e. The number of rotatable bonds is 8. The number of halogens is 3. The average Bonchev–Trinajstić information content (AvgIpc) is 2.57. The van der Waals surface area contributed by atoms with Crippen molar-refractivity contribution in [2.45, 2.75) is 52.1 Å². The molecule has 1 unspecified atom stereocenters. The summed E-state index contributed by atoms with van der Waals surface area (Å²) in [5.74, 6) is -1.54. The SMILES string of the molecule is C=C(C)CC(c1ccc(C(=C/C=C\C)/C(N)=C/CCC)cc1)C(F)(F)F. The average molecular weight is 363 g/mol. The van der Waals surface area contributed by atoms with Gasteiger partial charge in [0.15, 0.2) is 0 Å². The van der Waals surface area contributed by atoms with Gasteiger partial charge in [-0.2, -0.15) is 13.2 Å². The number of nitrogens with two attached hydrogens (primary N) is 1. The van der Waals surface area contributed by atoms with Crippen molar-refractivity contribution in [2.24, 2.45) is 5.73 Å². The molecule has 1 rings (SSSR count). The first-order valence-corrected chi connectivity index (χ1v) is 8.81. The monoisotopic (exact) mass is 363 g/mol. The molecular weight excluding hydrogens is 335 g/mol. The molecule has 0 aromatic heterocycles. The quantitative estimate of drug-likeness (QED) is 0.394. The second-order valence-corrected chi connectivity index (χ2v) is 6.43. The largest absolute Gasteiger partial charge is 0.398 e. The fraction of sp³-hybridized carbons (Fsp3) is 0.364. The number of benzene rings is 1. The van der Waals surface area contributed by atoms with Crippen molar-refractivity contribution in [3.63, 3.8) is 0 Å². The molecule has 0 heterocycles. The van der Waals surface area contributed by atoms with E-state index in [1.807, 2.05) is 31.2 Å². The highest BCUT2D eigenvalue weighted by Gasteiger charge is 2.40. The molecule has 0 amide bonds. The van der Waals surface area contributed by atoms with Gasteiger partial charge >= 0.3 is 6.18 Å². The lowest BCUT2D eigenvalue weighted by atomic mass is 9.90. The van der Waals surface area contributed by atoms with Gasteiger partial charge in [0.25, 0.3) is 0 Å². The molecule has 1 aromatic carbocycles. The number of allylic oxidation sites excluding steroid dienone is 6. The molecule has 0 aliphatic rings. The van der Waals surface area contributed by atoms with Crippen molar-refractivity contribution in [3.8, 4) is 0 Å². The lowest BCUT2D eigenvalue weighted by Gasteiger charge is -2.21. The van der Waals surface area contributed by atoms with E-state index < -0.39 is 12.1 Å². The van der Waals surface area contributed by atoms with Crippen molar-refractivity contribution in [3.05, 3.63) is 77.5 Å². The van der Waals surface area contributed by atoms with Gasteiger partial charge in [0.05, 0.1) is 5.92 Å². The number of alkyl halides is 3. The first-order valence-electron chi connectivity index (χ1n) is 8.81. The Balaban J connectivity index is 3.24. The predicted molar refractivity (Wildman–Crippen MR) is 105 cm³/mol. The maximum absolute atomic E-state index is 13.4. The molecule has 0 spiro atoms. The summed E-state index contributed by atoms with van der Waals surface area (Å²) in [4.78, 5) is 0. The standard InChI is InChI=1S/C22H28F3N/c1-5-7-9-19(21(26)10-8-6-2)17-11-13-18(14-12-17)20(15-16(3)4)22(23,24)25/h5,7,9-14,20H,3,6,8,15,26H2,1-2,4H3/b7-5-,19-9-,21-10-. The van der Waals surface area contributed by atoms with Crippen LogP contribution < -0.4 is 5.73 Å². The molecular formula is C22H28F3N. The molecule has 2 N–H and O–H groups in total. The molecule has 142 valence electrons. The molecule has 0 radical (unpaired) electrons. The number of unbranched alkanes of at least 4 members (excludes halogenated alkanes) is 1. The van der Waals surface area contributed by atoms with Gasteiger partial charge in [-0.15, -0.1) is 6.58 Å². The van der Waals surface area contributed by atoms with E-state index in [-0.39, 0.29) is 12.0 Å². The maximum atomic E-state index is 13.4. The van der Waals surface area contributed by atoms with E-state index in [0.29, 0.717) is 11.3 Å². The summed E-state index contributed by atoms with van der Waals surface area (Å²) >= 11 is 0. The number of hydrogen-bond acceptors (Lipinski definition) is 1. The van der Waals surface area contributed by atoms with E-state index in [4.69, 9.17) is 5.73 Å². The van der Waals surface area contributed by atoms with Crippen LogP contribution in [0.5, 0.6) is 0 Å². The molecule has 0 aliphatic heterocycles. The third-order valence-electron chi connectivity index (χ3n) is 3.99. The summed E-state index contributed by atoms with van der Waals surface area (Å²) in [5.41, 5.74) is 9.17. The smallest absolute Gasteiger partial charge is 0.396 e. The fourth-order valence-electron chi connectivity index (χ4n) is 2.63. The summed E-state index contributed by atoms with van der Waals surface area (Å²) in [6.45, 7) is 9.20. The minimum absolute atomic E-state index is 0.108. The molecule has 4 heteroatoms. The van der Waals surface area contributed by atoms with Gasteiger partial charge in [-0.25, -0.2) is 0 Å². The van der Waals surface area contributed by atoms with Crippen LogP contribution in [-0.4, -0.2) is 6.18 Å². The Labute approximate surface area is 154 Å². The van der Waals surface area contributed by atoms with Gasteiger partial charge in [0, 0.05) is 11.3 Å². The Kier molecular flexibility index (Phi) is 8.43. The lowest BCUT2D eigenvalue weighted by molar-refractivity contribution is -0.150. The Morgan fingerprint density at radius 2 is 1.85 bits per heavy atom. The summed E-state index contributed by atoms with van der Waals surface area (Å²) in [6, 6.07) is 6.48. The van der Waals surface area contributed by atoms with Crippen molar-refractivity contribution in [1.82, 2.24) is 0 Å². The Morgan fingerprint density at radius 3 is 2.31 bits per heavy atom. The highest BCUT2D eigenvalue weighted by Crippen LogP contribution is 2.39. The first-order chi connectivity index (χ1) is 12.2. The fourth-order valence-corrected chi connectivity index (χ4v) is 2.63. The van der Waals surface area contributed by atoms with E-state index in [1.54, 1.807) is 19.1 Å². The van der Waals surface area contributed by atoms with E-state index in [2.05, 4.69) is 13.5 Å². The second kappa shape index (κ2) is 10.0. The maximum Gasteiger partial charge on any atom is 0.396 e. The van der Waals surface area contributed by atoms with Gasteiger partial charge < -0.3 is 5.73 Å². The van der Waals surface area contributed by atoms with Crippen LogP contribution >= 0.6 is 0 Å². The first kappa shape index (κ1) is 21.8. The second-order valence-electron chi connectivity index (χ2n) is 6.43. The van der Waals surface area contributed by atoms with Crippen LogP contribution in [0.15, 0.2) is 66.4 Å². The van der Waals surface area contributed by atoms with Crippen molar-refractivity contribution < 1.29 is 13.2 Å². The predicted octanol–water partition coefficient (Wildman–Crippen LogP) is 6.90. The minimum atomic E-state index is -4.30. The Morgan fingerprint density at radius 1 is 1.23 bits per heavy atom. The van der Waals surface area contributed by atoms with Gasteiger partial charge in [0.2, 0.25) is 0 Å². The van der Waals surface area contributed by atoms with E-state index in [1.165, 1.54) is 12.1 Å². The van der Waals surface area contributed by atoms with Crippen LogP contribution in [0.3, 0.4) is 0 Å². The van der Waals surface area contributed by atoms with Crippen LogP contribution in [0.1, 0.15) is 57.1 Å². The topological polar surface area (TPSA) is 26.0 Å². The van der Waals surface area contributed by atoms with Crippen LogP contribution in [0.4, 0.5) is 13.2 Å². The molecule has 0 aliphatic carbocycles. The Bertz CT molecular complexity index is 676. The van der Waals surface area contributed by atoms with Gasteiger partial charge in [0.1, 0.15) is 0 Å². The Hall–Kier alpha value is -2.23. The third-order valence-corrected chi connectivity index (χ3v) is 3.99. The summed E-state index contributed by atoms with van der Waals surface area (Å²) in [6.07, 6.45) is 5.00. The number of hydrogen-bond donors (Lipinski definition) is 1. The van der Waals surface area contributed by atoms with Gasteiger partial charge in [-0.3, -0.25) is 0 Å². The van der Waals surface area contributed by atoms with Crippen molar-refractivity contribution in [2.75, 3.05) is 0 Å². The molecule has 1 atom stereocenters. The molecule has 1 aromatic rings. The van der Waals surface area contributed by atoms with Crippen molar-refractivity contribution >= 4 is 5.57 Å². The zero-order valence-electron chi connectivity index (χ0n) is 15.7.